The Morgan fingerprint density at radius 3 is 2.88 bits per heavy atom. The molecule has 2 rings (SSSR count). The van der Waals surface area contributed by atoms with Crippen LogP contribution in [0.1, 0.15) is 23.5 Å². The van der Waals surface area contributed by atoms with Crippen LogP contribution in [0.2, 0.25) is 0 Å². The third-order valence-corrected chi connectivity index (χ3v) is 3.60. The fraction of sp³-hybridized carbons (Fsp3) is 0.500. The minimum Gasteiger partial charge on any atom is -0.393 e. The highest BCUT2D eigenvalue weighted by Crippen LogP contribution is 2.12. The van der Waals surface area contributed by atoms with Crippen LogP contribution in [-0.4, -0.2) is 40.1 Å². The number of amides is 1. The number of nitrogens with zero attached hydrogens (tertiary/aromatic N) is 2. The van der Waals surface area contributed by atoms with E-state index in [0.717, 1.165) is 10.7 Å². The zero-order valence-electron chi connectivity index (χ0n) is 9.80. The Labute approximate surface area is 105 Å². The Morgan fingerprint density at radius 1 is 1.59 bits per heavy atom. The molecule has 0 spiro atoms. The van der Waals surface area contributed by atoms with Crippen molar-refractivity contribution < 1.29 is 9.90 Å². The molecular weight excluding hydrogens is 236 g/mol. The molecule has 1 saturated heterocycles. The van der Waals surface area contributed by atoms with Crippen molar-refractivity contribution in [2.75, 3.05) is 13.1 Å². The van der Waals surface area contributed by atoms with Gasteiger partial charge < -0.3 is 10.0 Å². The van der Waals surface area contributed by atoms with Gasteiger partial charge in [-0.1, -0.05) is 0 Å². The number of aromatic nitrogens is 1. The summed E-state index contributed by atoms with van der Waals surface area (Å²) in [7, 11) is 0. The van der Waals surface area contributed by atoms with Crippen molar-refractivity contribution in [3.63, 3.8) is 0 Å². The van der Waals surface area contributed by atoms with Crippen LogP contribution < -0.4 is 0 Å². The van der Waals surface area contributed by atoms with Crippen molar-refractivity contribution >= 4 is 23.3 Å². The number of aliphatic hydroxyl groups excluding tert-OH is 1. The molecule has 1 fully saturated rings. The normalized spacial score (nSPS) is 17.9. The van der Waals surface area contributed by atoms with E-state index in [1.54, 1.807) is 28.4 Å². The highest BCUT2D eigenvalue weighted by molar-refractivity contribution is 7.09. The van der Waals surface area contributed by atoms with Gasteiger partial charge in [-0.2, -0.15) is 0 Å². The predicted molar refractivity (Wildman–Crippen MR) is 67.7 cm³/mol. The minimum atomic E-state index is -0.246. The van der Waals surface area contributed by atoms with E-state index in [2.05, 4.69) is 4.98 Å². The summed E-state index contributed by atoms with van der Waals surface area (Å²) >= 11 is 1.57. The number of likely N-dealkylation sites (tertiary alicyclic amines) is 1. The van der Waals surface area contributed by atoms with Crippen molar-refractivity contribution in [3.8, 4) is 0 Å². The van der Waals surface area contributed by atoms with Crippen LogP contribution >= 0.6 is 11.3 Å². The maximum atomic E-state index is 11.8. The summed E-state index contributed by atoms with van der Waals surface area (Å²) in [5.74, 6) is 0.00236. The van der Waals surface area contributed by atoms with E-state index in [9.17, 15) is 9.90 Å². The van der Waals surface area contributed by atoms with Crippen LogP contribution in [0.3, 0.4) is 0 Å². The molecule has 1 amide bonds. The van der Waals surface area contributed by atoms with Crippen LogP contribution in [0, 0.1) is 6.92 Å². The second kappa shape index (κ2) is 5.42. The van der Waals surface area contributed by atoms with Crippen LogP contribution in [0.15, 0.2) is 11.5 Å². The Hall–Kier alpha value is -1.20. The first-order chi connectivity index (χ1) is 8.15. The standard InChI is InChI=1S/C12H16N2O2S/c1-9-13-10(8-17-9)2-3-12(16)14-6-4-11(15)5-7-14/h2-3,8,11,15H,4-7H2,1H3/b3-2+. The quantitative estimate of drug-likeness (QED) is 0.810. The molecule has 17 heavy (non-hydrogen) atoms. The molecule has 1 N–H and O–H groups in total. The van der Waals surface area contributed by atoms with Gasteiger partial charge in [-0.3, -0.25) is 4.79 Å². The van der Waals surface area contributed by atoms with Crippen LogP contribution in [0.5, 0.6) is 0 Å². The lowest BCUT2D eigenvalue weighted by Crippen LogP contribution is -2.39. The first-order valence-corrected chi connectivity index (χ1v) is 6.60. The number of aliphatic hydroxyl groups is 1. The molecule has 1 aliphatic heterocycles. The summed E-state index contributed by atoms with van der Waals surface area (Å²) in [5.41, 5.74) is 0.831. The van der Waals surface area contributed by atoms with Gasteiger partial charge in [0.25, 0.3) is 0 Å². The van der Waals surface area contributed by atoms with Crippen LogP contribution in [0.25, 0.3) is 6.08 Å². The molecule has 4 nitrogen and oxygen atoms in total. The average Bonchev–Trinajstić information content (AvgIpc) is 2.73. The van der Waals surface area contributed by atoms with Gasteiger partial charge in [-0.05, 0) is 25.8 Å². The molecule has 0 aliphatic carbocycles. The third kappa shape index (κ3) is 3.38. The second-order valence-corrected chi connectivity index (χ2v) is 5.24. The smallest absolute Gasteiger partial charge is 0.246 e. The topological polar surface area (TPSA) is 53.4 Å². The number of hydrogen-bond donors (Lipinski definition) is 1. The predicted octanol–water partition coefficient (Wildman–Crippen LogP) is 1.45. The van der Waals surface area contributed by atoms with E-state index >= 15 is 0 Å². The molecule has 0 atom stereocenters. The number of carbonyl (C=O) groups is 1. The van der Waals surface area contributed by atoms with Crippen molar-refractivity contribution in [2.45, 2.75) is 25.9 Å². The lowest BCUT2D eigenvalue weighted by molar-refractivity contribution is -0.127. The van der Waals surface area contributed by atoms with E-state index in [4.69, 9.17) is 0 Å². The number of aryl methyl sites for hydroxylation is 1. The monoisotopic (exact) mass is 252 g/mol. The second-order valence-electron chi connectivity index (χ2n) is 4.18. The number of thiazole rings is 1. The molecule has 0 bridgehead atoms. The Balaban J connectivity index is 1.90. The number of rotatable bonds is 2. The van der Waals surface area contributed by atoms with Gasteiger partial charge >= 0.3 is 0 Å². The summed E-state index contributed by atoms with van der Waals surface area (Å²) in [5, 5.41) is 12.3. The van der Waals surface area contributed by atoms with Gasteiger partial charge in [-0.15, -0.1) is 11.3 Å². The summed E-state index contributed by atoms with van der Waals surface area (Å²) in [4.78, 5) is 17.8. The Morgan fingerprint density at radius 2 is 2.29 bits per heavy atom. The van der Waals surface area contributed by atoms with Gasteiger partial charge in [0.2, 0.25) is 5.91 Å². The molecular formula is C12H16N2O2S. The van der Waals surface area contributed by atoms with E-state index in [1.807, 2.05) is 12.3 Å². The molecule has 1 aromatic rings. The molecule has 0 saturated carbocycles. The van der Waals surface area contributed by atoms with Crippen molar-refractivity contribution in [2.24, 2.45) is 0 Å². The Bertz CT molecular complexity index is 420. The zero-order valence-corrected chi connectivity index (χ0v) is 10.6. The van der Waals surface area contributed by atoms with E-state index in [1.165, 1.54) is 0 Å². The molecule has 5 heteroatoms. The summed E-state index contributed by atoms with van der Waals surface area (Å²) in [6, 6.07) is 0. The first-order valence-electron chi connectivity index (χ1n) is 5.72. The van der Waals surface area contributed by atoms with Gasteiger partial charge in [0, 0.05) is 24.5 Å². The Kier molecular flexibility index (Phi) is 3.91. The molecule has 92 valence electrons. The minimum absolute atomic E-state index is 0.00236. The molecule has 0 aromatic carbocycles. The number of carbonyl (C=O) groups excluding carboxylic acids is 1. The van der Waals surface area contributed by atoms with Gasteiger partial charge in [0.15, 0.2) is 0 Å². The molecule has 0 radical (unpaired) electrons. The number of piperidine rings is 1. The maximum absolute atomic E-state index is 11.8. The van der Waals surface area contributed by atoms with Crippen molar-refractivity contribution in [3.05, 3.63) is 22.2 Å². The van der Waals surface area contributed by atoms with E-state index < -0.39 is 0 Å². The summed E-state index contributed by atoms with van der Waals surface area (Å²) in [6.45, 7) is 3.22. The molecule has 2 heterocycles. The van der Waals surface area contributed by atoms with Crippen molar-refractivity contribution in [1.82, 2.24) is 9.88 Å². The lowest BCUT2D eigenvalue weighted by Gasteiger charge is -2.28. The van der Waals surface area contributed by atoms with E-state index in [0.29, 0.717) is 25.9 Å². The summed E-state index contributed by atoms with van der Waals surface area (Å²) in [6.07, 6.45) is 4.41. The van der Waals surface area contributed by atoms with E-state index in [-0.39, 0.29) is 12.0 Å². The summed E-state index contributed by atoms with van der Waals surface area (Å²) < 4.78 is 0. The highest BCUT2D eigenvalue weighted by Gasteiger charge is 2.19. The molecule has 1 aromatic heterocycles. The fourth-order valence-corrected chi connectivity index (χ4v) is 2.39. The third-order valence-electron chi connectivity index (χ3n) is 2.81. The average molecular weight is 252 g/mol. The lowest BCUT2D eigenvalue weighted by atomic mass is 10.1. The molecule has 0 unspecified atom stereocenters. The van der Waals surface area contributed by atoms with Crippen LogP contribution in [-0.2, 0) is 4.79 Å². The SMILES string of the molecule is Cc1nc(/C=C/C(=O)N2CCC(O)CC2)cs1. The van der Waals surface area contributed by atoms with Crippen molar-refractivity contribution in [1.29, 1.82) is 0 Å². The van der Waals surface area contributed by atoms with Gasteiger partial charge in [-0.25, -0.2) is 4.98 Å². The largest absolute Gasteiger partial charge is 0.393 e. The van der Waals surface area contributed by atoms with Gasteiger partial charge in [0.1, 0.15) is 0 Å². The first kappa shape index (κ1) is 12.3. The highest BCUT2D eigenvalue weighted by atomic mass is 32.1. The molecule has 1 aliphatic rings. The maximum Gasteiger partial charge on any atom is 0.246 e. The fourth-order valence-electron chi connectivity index (χ4n) is 1.81. The van der Waals surface area contributed by atoms with Crippen LogP contribution in [0.4, 0.5) is 0 Å². The number of hydrogen-bond acceptors (Lipinski definition) is 4. The zero-order chi connectivity index (χ0) is 12.3. The van der Waals surface area contributed by atoms with Gasteiger partial charge in [0.05, 0.1) is 16.8 Å².